The molecule has 1 aromatic rings. The number of nitrogens with two attached hydrogens (primary N) is 2. The predicted octanol–water partition coefficient (Wildman–Crippen LogP) is -0.0928. The summed E-state index contributed by atoms with van der Waals surface area (Å²) < 4.78 is 0. The molecule has 1 amide bonds. The summed E-state index contributed by atoms with van der Waals surface area (Å²) in [5, 5.41) is 0. The Kier molecular flexibility index (Phi) is 4.21. The minimum Gasteiger partial charge on any atom is -0.384 e. The highest BCUT2D eigenvalue weighted by Gasteiger charge is 2.20. The van der Waals surface area contributed by atoms with Crippen LogP contribution in [-0.2, 0) is 4.79 Å². The van der Waals surface area contributed by atoms with Crippen LogP contribution in [0.15, 0.2) is 18.3 Å². The van der Waals surface area contributed by atoms with E-state index in [2.05, 4.69) is 14.8 Å². The SMILES string of the molecule is CC(CN1CCN(c2ccc(N)nc2)CC1)C(N)=O. The van der Waals surface area contributed by atoms with Crippen molar-refractivity contribution in [2.75, 3.05) is 43.4 Å². The highest BCUT2D eigenvalue weighted by atomic mass is 16.1. The zero-order chi connectivity index (χ0) is 13.8. The highest BCUT2D eigenvalue weighted by molar-refractivity contribution is 5.76. The van der Waals surface area contributed by atoms with Crippen LogP contribution >= 0.6 is 0 Å². The van der Waals surface area contributed by atoms with Gasteiger partial charge in [0.2, 0.25) is 5.91 Å². The number of primary amides is 1. The van der Waals surface area contributed by atoms with Crippen LogP contribution in [0.2, 0.25) is 0 Å². The van der Waals surface area contributed by atoms with E-state index in [0.717, 1.165) is 38.4 Å². The Bertz CT molecular complexity index is 425. The van der Waals surface area contributed by atoms with Crippen molar-refractivity contribution in [2.24, 2.45) is 11.7 Å². The molecule has 2 heterocycles. The van der Waals surface area contributed by atoms with Gasteiger partial charge in [-0.25, -0.2) is 4.98 Å². The molecule has 1 aliphatic heterocycles. The fourth-order valence-electron chi connectivity index (χ4n) is 2.25. The third-order valence-electron chi connectivity index (χ3n) is 3.53. The second-order valence-electron chi connectivity index (χ2n) is 5.03. The number of hydrogen-bond acceptors (Lipinski definition) is 5. The van der Waals surface area contributed by atoms with E-state index in [1.165, 1.54) is 0 Å². The van der Waals surface area contributed by atoms with E-state index in [4.69, 9.17) is 11.5 Å². The number of hydrogen-bond donors (Lipinski definition) is 2. The predicted molar refractivity (Wildman–Crippen MR) is 75.7 cm³/mol. The number of carbonyl (C=O) groups is 1. The molecular weight excluding hydrogens is 242 g/mol. The summed E-state index contributed by atoms with van der Waals surface area (Å²) in [7, 11) is 0. The van der Waals surface area contributed by atoms with Gasteiger partial charge in [-0.05, 0) is 12.1 Å². The van der Waals surface area contributed by atoms with E-state index in [0.29, 0.717) is 5.82 Å². The van der Waals surface area contributed by atoms with Crippen LogP contribution in [0.4, 0.5) is 11.5 Å². The average Bonchev–Trinajstić information content (AvgIpc) is 2.40. The van der Waals surface area contributed by atoms with Gasteiger partial charge in [-0.3, -0.25) is 9.69 Å². The Balaban J connectivity index is 1.85. The number of amides is 1. The zero-order valence-corrected chi connectivity index (χ0v) is 11.2. The molecule has 1 fully saturated rings. The molecule has 19 heavy (non-hydrogen) atoms. The summed E-state index contributed by atoms with van der Waals surface area (Å²) in [6.45, 7) is 6.33. The average molecular weight is 263 g/mol. The molecule has 0 aliphatic carbocycles. The van der Waals surface area contributed by atoms with Crippen LogP contribution in [-0.4, -0.2) is 48.5 Å². The Hall–Kier alpha value is -1.82. The third kappa shape index (κ3) is 3.57. The van der Waals surface area contributed by atoms with Crippen LogP contribution in [0.1, 0.15) is 6.92 Å². The molecule has 6 heteroatoms. The van der Waals surface area contributed by atoms with Crippen molar-refractivity contribution in [3.05, 3.63) is 18.3 Å². The summed E-state index contributed by atoms with van der Waals surface area (Å²) in [5.41, 5.74) is 12.0. The zero-order valence-electron chi connectivity index (χ0n) is 11.2. The van der Waals surface area contributed by atoms with E-state index in [1.807, 2.05) is 19.1 Å². The molecule has 0 saturated carbocycles. The topological polar surface area (TPSA) is 88.5 Å². The van der Waals surface area contributed by atoms with Crippen molar-refractivity contribution in [3.8, 4) is 0 Å². The lowest BCUT2D eigenvalue weighted by atomic mass is 10.1. The molecule has 1 unspecified atom stereocenters. The number of pyridine rings is 1. The van der Waals surface area contributed by atoms with Gasteiger partial charge in [0, 0.05) is 38.6 Å². The molecule has 1 atom stereocenters. The first kappa shape index (κ1) is 13.6. The molecule has 0 radical (unpaired) electrons. The number of nitrogens with zero attached hydrogens (tertiary/aromatic N) is 3. The smallest absolute Gasteiger partial charge is 0.221 e. The molecule has 0 aromatic carbocycles. The fourth-order valence-corrected chi connectivity index (χ4v) is 2.25. The van der Waals surface area contributed by atoms with Gasteiger partial charge in [0.25, 0.3) is 0 Å². The van der Waals surface area contributed by atoms with Gasteiger partial charge in [-0.2, -0.15) is 0 Å². The molecule has 2 rings (SSSR count). The van der Waals surface area contributed by atoms with Gasteiger partial charge in [-0.15, -0.1) is 0 Å². The van der Waals surface area contributed by atoms with Gasteiger partial charge < -0.3 is 16.4 Å². The quantitative estimate of drug-likeness (QED) is 0.792. The van der Waals surface area contributed by atoms with Crippen molar-refractivity contribution >= 4 is 17.4 Å². The number of nitrogen functional groups attached to an aromatic ring is 1. The van der Waals surface area contributed by atoms with Crippen molar-refractivity contribution in [1.82, 2.24) is 9.88 Å². The molecule has 0 bridgehead atoms. The number of carbonyl (C=O) groups excluding carboxylic acids is 1. The molecule has 104 valence electrons. The first-order chi connectivity index (χ1) is 9.06. The molecule has 4 N–H and O–H groups in total. The number of aromatic nitrogens is 1. The molecular formula is C13H21N5O. The first-order valence-electron chi connectivity index (χ1n) is 6.54. The van der Waals surface area contributed by atoms with Crippen LogP contribution in [0, 0.1) is 5.92 Å². The molecule has 1 aliphatic rings. The Morgan fingerprint density at radius 2 is 2.05 bits per heavy atom. The normalized spacial score (nSPS) is 18.3. The number of rotatable bonds is 4. The molecule has 1 saturated heterocycles. The van der Waals surface area contributed by atoms with Crippen LogP contribution in [0.3, 0.4) is 0 Å². The Morgan fingerprint density at radius 3 is 2.58 bits per heavy atom. The van der Waals surface area contributed by atoms with Crippen molar-refractivity contribution < 1.29 is 4.79 Å². The van der Waals surface area contributed by atoms with Crippen molar-refractivity contribution in [1.29, 1.82) is 0 Å². The summed E-state index contributed by atoms with van der Waals surface area (Å²) in [5.74, 6) is 0.215. The summed E-state index contributed by atoms with van der Waals surface area (Å²) in [4.78, 5) is 19.7. The highest BCUT2D eigenvalue weighted by Crippen LogP contribution is 2.16. The number of piperazine rings is 1. The van der Waals surface area contributed by atoms with Crippen molar-refractivity contribution in [3.63, 3.8) is 0 Å². The maximum absolute atomic E-state index is 11.1. The van der Waals surface area contributed by atoms with E-state index in [9.17, 15) is 4.79 Å². The van der Waals surface area contributed by atoms with Crippen LogP contribution in [0.25, 0.3) is 0 Å². The largest absolute Gasteiger partial charge is 0.384 e. The lowest BCUT2D eigenvalue weighted by Gasteiger charge is -2.36. The first-order valence-corrected chi connectivity index (χ1v) is 6.54. The molecule has 1 aromatic heterocycles. The fraction of sp³-hybridized carbons (Fsp3) is 0.538. The lowest BCUT2D eigenvalue weighted by molar-refractivity contribution is -0.121. The van der Waals surface area contributed by atoms with E-state index >= 15 is 0 Å². The van der Waals surface area contributed by atoms with E-state index in [1.54, 1.807) is 6.20 Å². The monoisotopic (exact) mass is 263 g/mol. The van der Waals surface area contributed by atoms with E-state index in [-0.39, 0.29) is 11.8 Å². The second-order valence-corrected chi connectivity index (χ2v) is 5.03. The van der Waals surface area contributed by atoms with Crippen LogP contribution < -0.4 is 16.4 Å². The van der Waals surface area contributed by atoms with Gasteiger partial charge in [-0.1, -0.05) is 6.92 Å². The second kappa shape index (κ2) is 5.88. The lowest BCUT2D eigenvalue weighted by Crippen LogP contribution is -2.48. The maximum atomic E-state index is 11.1. The Labute approximate surface area is 113 Å². The molecule has 0 spiro atoms. The van der Waals surface area contributed by atoms with Gasteiger partial charge >= 0.3 is 0 Å². The third-order valence-corrected chi connectivity index (χ3v) is 3.53. The van der Waals surface area contributed by atoms with E-state index < -0.39 is 0 Å². The minimum atomic E-state index is -0.231. The van der Waals surface area contributed by atoms with Crippen molar-refractivity contribution in [2.45, 2.75) is 6.92 Å². The molecule has 6 nitrogen and oxygen atoms in total. The summed E-state index contributed by atoms with van der Waals surface area (Å²) in [6.07, 6.45) is 1.80. The van der Waals surface area contributed by atoms with Gasteiger partial charge in [0.05, 0.1) is 11.9 Å². The minimum absolute atomic E-state index is 0.0928. The standard InChI is InChI=1S/C13H21N5O/c1-10(13(15)19)9-17-4-6-18(7-5-17)11-2-3-12(14)16-8-11/h2-3,8,10H,4-7,9H2,1H3,(H2,14,16)(H2,15,19). The summed E-state index contributed by atoms with van der Waals surface area (Å²) in [6, 6.07) is 3.81. The van der Waals surface area contributed by atoms with Crippen LogP contribution in [0.5, 0.6) is 0 Å². The number of anilines is 2. The van der Waals surface area contributed by atoms with Gasteiger partial charge in [0.15, 0.2) is 0 Å². The Morgan fingerprint density at radius 1 is 1.37 bits per heavy atom. The summed E-state index contributed by atoms with van der Waals surface area (Å²) >= 11 is 0. The maximum Gasteiger partial charge on any atom is 0.221 e. The van der Waals surface area contributed by atoms with Gasteiger partial charge in [0.1, 0.15) is 5.82 Å².